The lowest BCUT2D eigenvalue weighted by Crippen LogP contribution is -2.54. The van der Waals surface area contributed by atoms with Gasteiger partial charge in [-0.2, -0.15) is 0 Å². The van der Waals surface area contributed by atoms with Crippen LogP contribution in [0.25, 0.3) is 0 Å². The van der Waals surface area contributed by atoms with E-state index in [1.165, 1.54) is 0 Å². The third kappa shape index (κ3) is 11.0. The molecule has 16 nitrogen and oxygen atoms in total. The van der Waals surface area contributed by atoms with Gasteiger partial charge in [0.15, 0.2) is 0 Å². The second-order valence-corrected chi connectivity index (χ2v) is 21.9. The number of imide groups is 2. The van der Waals surface area contributed by atoms with Crippen LogP contribution in [0.4, 0.5) is 5.69 Å². The Labute approximate surface area is 401 Å². The van der Waals surface area contributed by atoms with Crippen molar-refractivity contribution in [3.05, 3.63) is 111 Å². The second-order valence-electron chi connectivity index (χ2n) is 18.3. The van der Waals surface area contributed by atoms with Crippen LogP contribution in [0.15, 0.2) is 66.9 Å². The molecule has 3 aromatic carbocycles. The van der Waals surface area contributed by atoms with Gasteiger partial charge >= 0.3 is 0 Å². The van der Waals surface area contributed by atoms with E-state index in [0.717, 1.165) is 71.8 Å². The molecule has 5 heterocycles. The third-order valence-corrected chi connectivity index (χ3v) is 15.4. The minimum Gasteiger partial charge on any atom is -0.496 e. The maximum atomic E-state index is 13.4. The molecule has 0 bridgehead atoms. The normalized spacial score (nSPS) is 18.2. The molecule has 3 saturated heterocycles. The van der Waals surface area contributed by atoms with Crippen LogP contribution in [0.3, 0.4) is 0 Å². The first-order chi connectivity index (χ1) is 32.7. The molecule has 4 aliphatic rings. The number of hydrogen-bond acceptors (Lipinski definition) is 12. The summed E-state index contributed by atoms with van der Waals surface area (Å²) in [5.74, 6) is -1.06. The number of rotatable bonds is 16. The minimum atomic E-state index is -2.49. The summed E-state index contributed by atoms with van der Waals surface area (Å²) in [6, 6.07) is 18.4. The zero-order chi connectivity index (χ0) is 48.1. The largest absolute Gasteiger partial charge is 0.496 e. The van der Waals surface area contributed by atoms with Crippen LogP contribution < -0.4 is 25.6 Å². The minimum absolute atomic E-state index is 0.0366. The molecule has 0 saturated carbocycles. The summed E-state index contributed by atoms with van der Waals surface area (Å²) in [5, 5.41) is 6.38. The van der Waals surface area contributed by atoms with E-state index in [1.807, 2.05) is 29.2 Å². The Morgan fingerprint density at radius 2 is 1.62 bits per heavy atom. The topological polar surface area (TPSA) is 192 Å². The van der Waals surface area contributed by atoms with Crippen LogP contribution in [0.2, 0.25) is 5.02 Å². The molecule has 358 valence electrons. The van der Waals surface area contributed by atoms with Crippen molar-refractivity contribution in [2.75, 3.05) is 71.2 Å². The molecule has 18 heteroatoms. The number of carbonyl (C=O) groups excluding carboxylic acids is 6. The van der Waals surface area contributed by atoms with E-state index >= 15 is 0 Å². The first-order valence-electron chi connectivity index (χ1n) is 23.4. The van der Waals surface area contributed by atoms with Crippen molar-refractivity contribution in [1.29, 1.82) is 0 Å². The van der Waals surface area contributed by atoms with Gasteiger partial charge in [0.2, 0.25) is 23.6 Å². The molecule has 0 radical (unpaired) electrons. The monoisotopic (exact) mass is 964 g/mol. The van der Waals surface area contributed by atoms with Crippen molar-refractivity contribution in [2.45, 2.75) is 76.3 Å². The van der Waals surface area contributed by atoms with Crippen molar-refractivity contribution >= 4 is 65.2 Å². The Bertz CT molecular complexity index is 2660. The summed E-state index contributed by atoms with van der Waals surface area (Å²) in [7, 11) is -0.820. The number of amides is 6. The SMILES string of the molecule is COc1cc(N2CCC(N3CCN(C(=O)CCC(=O)NCCCc4cccc5c4C(=O)N(C4CCC(=O)NC4=O)C5=O)CC3)CC2)ccc1Cc1ncc(Cl)c(Cc2ccccc2P(C)(C)=O)n1. The fourth-order valence-electron chi connectivity index (χ4n) is 9.86. The zero-order valence-corrected chi connectivity index (χ0v) is 40.5. The number of nitrogens with one attached hydrogen (secondary N) is 2. The standard InChI is InChI=1S/C50H58ClN8O8P/c1-67-41-30-36(14-13-33(41)29-43-53-31-38(51)39(54-43)28-34-8-4-5-12-42(34)68(2,3)66)56-22-19-35(20-23-56)57-24-26-58(27-25-57)46(62)18-17-44(60)52-21-7-10-32-9-6-11-37-47(32)50(65)59(49(37)64)40-15-16-45(61)55-48(40)63/h4-6,8-9,11-14,30-31,35,40H,7,10,15-29H2,1-3H3,(H,52,60)(H,55,61,63). The molecule has 6 amide bonds. The molecule has 4 aromatic rings. The summed E-state index contributed by atoms with van der Waals surface area (Å²) in [6.45, 7) is 8.46. The number of fused-ring (bicyclic) bond motifs is 1. The number of piperazine rings is 1. The van der Waals surface area contributed by atoms with E-state index in [1.54, 1.807) is 44.8 Å². The van der Waals surface area contributed by atoms with Gasteiger partial charge in [-0.15, -0.1) is 0 Å². The number of nitrogens with zero attached hydrogens (tertiary/aromatic N) is 6. The first kappa shape index (κ1) is 48.5. The average Bonchev–Trinajstić information content (AvgIpc) is 3.59. The number of benzene rings is 3. The van der Waals surface area contributed by atoms with Gasteiger partial charge < -0.3 is 24.4 Å². The highest BCUT2D eigenvalue weighted by Crippen LogP contribution is 2.37. The smallest absolute Gasteiger partial charge is 0.262 e. The lowest BCUT2D eigenvalue weighted by molar-refractivity contribution is -0.136. The van der Waals surface area contributed by atoms with Crippen molar-refractivity contribution in [3.63, 3.8) is 0 Å². The molecule has 8 rings (SSSR count). The lowest BCUT2D eigenvalue weighted by Gasteiger charge is -2.43. The predicted molar refractivity (Wildman–Crippen MR) is 258 cm³/mol. The van der Waals surface area contributed by atoms with E-state index in [2.05, 4.69) is 43.6 Å². The molecule has 68 heavy (non-hydrogen) atoms. The Morgan fingerprint density at radius 1 is 0.868 bits per heavy atom. The van der Waals surface area contributed by atoms with Gasteiger partial charge in [-0.25, -0.2) is 9.97 Å². The number of methoxy groups -OCH3 is 1. The van der Waals surface area contributed by atoms with Gasteiger partial charge in [-0.05, 0) is 68.7 Å². The van der Waals surface area contributed by atoms with Crippen molar-refractivity contribution in [1.82, 2.24) is 35.3 Å². The summed E-state index contributed by atoms with van der Waals surface area (Å²) in [4.78, 5) is 93.5. The van der Waals surface area contributed by atoms with E-state index in [0.29, 0.717) is 73.5 Å². The molecular weight excluding hydrogens is 907 g/mol. The van der Waals surface area contributed by atoms with Gasteiger partial charge in [0.05, 0.1) is 29.0 Å². The fraction of sp³-hybridized carbons (Fsp3) is 0.440. The highest BCUT2D eigenvalue weighted by atomic mass is 35.5. The van der Waals surface area contributed by atoms with Gasteiger partial charge in [-0.1, -0.05) is 54.1 Å². The predicted octanol–water partition coefficient (Wildman–Crippen LogP) is 4.61. The highest BCUT2D eigenvalue weighted by molar-refractivity contribution is 7.70. The number of aryl methyl sites for hydroxylation is 1. The van der Waals surface area contributed by atoms with Crippen molar-refractivity contribution < 1.29 is 38.1 Å². The Kier molecular flexibility index (Phi) is 15.1. The van der Waals surface area contributed by atoms with Gasteiger partial charge in [-0.3, -0.25) is 43.9 Å². The van der Waals surface area contributed by atoms with Crippen LogP contribution in [-0.4, -0.2) is 138 Å². The molecule has 1 unspecified atom stereocenters. The summed E-state index contributed by atoms with van der Waals surface area (Å²) >= 11 is 6.57. The quantitative estimate of drug-likeness (QED) is 0.0903. The van der Waals surface area contributed by atoms with Crippen LogP contribution in [-0.2, 0) is 43.0 Å². The van der Waals surface area contributed by atoms with Crippen molar-refractivity contribution in [3.8, 4) is 5.75 Å². The molecule has 0 spiro atoms. The number of hydrogen-bond donors (Lipinski definition) is 2. The molecule has 1 aromatic heterocycles. The third-order valence-electron chi connectivity index (χ3n) is 13.5. The van der Waals surface area contributed by atoms with Gasteiger partial charge in [0.25, 0.3) is 11.8 Å². The molecule has 4 aliphatic heterocycles. The molecule has 0 aliphatic carbocycles. The molecular formula is C50H58ClN8O8P. The Hall–Kier alpha value is -5.96. The average molecular weight is 965 g/mol. The van der Waals surface area contributed by atoms with Gasteiger partial charge in [0, 0.05) is 113 Å². The van der Waals surface area contributed by atoms with Crippen LogP contribution in [0, 0.1) is 0 Å². The lowest BCUT2D eigenvalue weighted by atomic mass is 9.99. The van der Waals surface area contributed by atoms with E-state index in [4.69, 9.17) is 21.3 Å². The van der Waals surface area contributed by atoms with E-state index in [-0.39, 0.29) is 48.6 Å². The van der Waals surface area contributed by atoms with Crippen LogP contribution >= 0.6 is 18.7 Å². The Balaban J connectivity index is 0.747. The van der Waals surface area contributed by atoms with E-state index in [9.17, 15) is 33.3 Å². The number of piperidine rings is 2. The van der Waals surface area contributed by atoms with Crippen LogP contribution in [0.5, 0.6) is 5.75 Å². The molecule has 3 fully saturated rings. The summed E-state index contributed by atoms with van der Waals surface area (Å²) < 4.78 is 18.8. The number of halogens is 1. The van der Waals surface area contributed by atoms with E-state index < -0.39 is 36.8 Å². The number of anilines is 1. The summed E-state index contributed by atoms with van der Waals surface area (Å²) in [6.07, 6.45) is 5.80. The number of ether oxygens (including phenoxy) is 1. The number of aromatic nitrogens is 2. The van der Waals surface area contributed by atoms with Crippen molar-refractivity contribution in [2.24, 2.45) is 0 Å². The maximum Gasteiger partial charge on any atom is 0.262 e. The Morgan fingerprint density at radius 3 is 2.35 bits per heavy atom. The van der Waals surface area contributed by atoms with Crippen LogP contribution in [0.1, 0.15) is 93.9 Å². The maximum absolute atomic E-state index is 13.4. The fourth-order valence-corrected chi connectivity index (χ4v) is 11.3. The zero-order valence-electron chi connectivity index (χ0n) is 38.8. The van der Waals surface area contributed by atoms with Gasteiger partial charge in [0.1, 0.15) is 24.8 Å². The highest BCUT2D eigenvalue weighted by Gasteiger charge is 2.45. The second kappa shape index (κ2) is 21.1. The number of carbonyl (C=O) groups is 6. The molecule has 1 atom stereocenters. The first-order valence-corrected chi connectivity index (χ1v) is 26.3. The summed E-state index contributed by atoms with van der Waals surface area (Å²) in [5.41, 5.74) is 4.82. The molecule has 2 N–H and O–H groups in total.